The molecule has 1 heteroatoms. The third kappa shape index (κ3) is 3.52. The highest BCUT2D eigenvalue weighted by Gasteiger charge is 1.97. The summed E-state index contributed by atoms with van der Waals surface area (Å²) >= 11 is 3.35. The van der Waals surface area contributed by atoms with Gasteiger partial charge in [0.15, 0.2) is 0 Å². The van der Waals surface area contributed by atoms with Crippen molar-refractivity contribution >= 4 is 15.9 Å². The van der Waals surface area contributed by atoms with Crippen molar-refractivity contribution in [1.29, 1.82) is 0 Å². The smallest absolute Gasteiger partial charge is 0.0244 e. The molecule has 0 aliphatic carbocycles. The zero-order chi connectivity index (χ0) is 7.28. The number of alkyl halides is 1. The van der Waals surface area contributed by atoms with Crippen molar-refractivity contribution in [2.45, 2.75) is 13.8 Å². The second-order valence-corrected chi connectivity index (χ2v) is 2.67. The molecule has 0 amide bonds. The van der Waals surface area contributed by atoms with Gasteiger partial charge in [-0.1, -0.05) is 47.2 Å². The maximum absolute atomic E-state index is 3.89. The normalized spacial score (nSPS) is 14.1. The van der Waals surface area contributed by atoms with Crippen LogP contribution in [0.25, 0.3) is 0 Å². The highest BCUT2D eigenvalue weighted by atomic mass is 79.9. The molecule has 0 rings (SSSR count). The first-order valence-corrected chi connectivity index (χ1v) is 4.21. The fourth-order valence-electron chi connectivity index (χ4n) is 0.546. The van der Waals surface area contributed by atoms with Crippen molar-refractivity contribution in [2.24, 2.45) is 5.92 Å². The van der Waals surface area contributed by atoms with Gasteiger partial charge in [-0.05, 0) is 12.8 Å². The van der Waals surface area contributed by atoms with Gasteiger partial charge < -0.3 is 0 Å². The van der Waals surface area contributed by atoms with Gasteiger partial charge in [0.1, 0.15) is 0 Å². The highest BCUT2D eigenvalue weighted by molar-refractivity contribution is 9.09. The lowest BCUT2D eigenvalue weighted by molar-refractivity contribution is 0.872. The molecule has 1 atom stereocenters. The van der Waals surface area contributed by atoms with Crippen LogP contribution >= 0.6 is 15.9 Å². The Kier molecular flexibility index (Phi) is 4.78. The van der Waals surface area contributed by atoms with Gasteiger partial charge >= 0.3 is 0 Å². The Morgan fingerprint density at radius 1 is 1.78 bits per heavy atom. The fourth-order valence-corrected chi connectivity index (χ4v) is 1.06. The number of hydrogen-bond acceptors (Lipinski definition) is 0. The molecular weight excluding hydrogens is 176 g/mol. The lowest BCUT2D eigenvalue weighted by atomic mass is 10.0. The third-order valence-electron chi connectivity index (χ3n) is 1.30. The van der Waals surface area contributed by atoms with Crippen molar-refractivity contribution in [3.63, 3.8) is 0 Å². The summed E-state index contributed by atoms with van der Waals surface area (Å²) in [6, 6.07) is 0. The second-order valence-electron chi connectivity index (χ2n) is 2.11. The zero-order valence-electron chi connectivity index (χ0n) is 6.02. The number of allylic oxidation sites excluding steroid dienone is 3. The monoisotopic (exact) mass is 188 g/mol. The van der Waals surface area contributed by atoms with Crippen molar-refractivity contribution in [2.75, 3.05) is 5.33 Å². The lowest BCUT2D eigenvalue weighted by Gasteiger charge is -2.04. The Bertz CT molecular complexity index is 114. The summed E-state index contributed by atoms with van der Waals surface area (Å²) in [6.45, 7) is 8.06. The largest absolute Gasteiger partial charge is 0.0984 e. The standard InChI is InChI=1S/C8H13Br/c1-4-5-7(2)8(3)6-9/h4-5,7H,3,6H2,1-2H3/b5-4+. The molecule has 0 nitrogen and oxygen atoms in total. The van der Waals surface area contributed by atoms with Gasteiger partial charge in [-0.25, -0.2) is 0 Å². The van der Waals surface area contributed by atoms with E-state index < -0.39 is 0 Å². The minimum Gasteiger partial charge on any atom is -0.0984 e. The van der Waals surface area contributed by atoms with Crippen LogP contribution in [0.1, 0.15) is 13.8 Å². The summed E-state index contributed by atoms with van der Waals surface area (Å²) in [6.07, 6.45) is 4.20. The first kappa shape index (κ1) is 8.96. The molecule has 0 radical (unpaired) electrons. The third-order valence-corrected chi connectivity index (χ3v) is 2.02. The first-order valence-electron chi connectivity index (χ1n) is 3.08. The molecule has 0 aromatic rings. The van der Waals surface area contributed by atoms with E-state index in [1.54, 1.807) is 0 Å². The van der Waals surface area contributed by atoms with E-state index in [2.05, 4.69) is 41.6 Å². The Hall–Kier alpha value is -0.0400. The Labute approximate surface area is 65.8 Å². The summed E-state index contributed by atoms with van der Waals surface area (Å²) < 4.78 is 0. The van der Waals surface area contributed by atoms with Gasteiger partial charge in [-0.15, -0.1) is 0 Å². The first-order chi connectivity index (χ1) is 4.22. The van der Waals surface area contributed by atoms with E-state index in [1.807, 2.05) is 6.92 Å². The molecule has 0 spiro atoms. The van der Waals surface area contributed by atoms with E-state index >= 15 is 0 Å². The predicted octanol–water partition coefficient (Wildman–Crippen LogP) is 3.15. The van der Waals surface area contributed by atoms with Gasteiger partial charge in [0.2, 0.25) is 0 Å². The minimum absolute atomic E-state index is 0.509. The van der Waals surface area contributed by atoms with E-state index in [9.17, 15) is 0 Å². The molecule has 52 valence electrons. The number of hydrogen-bond donors (Lipinski definition) is 0. The Morgan fingerprint density at radius 2 is 2.33 bits per heavy atom. The average Bonchev–Trinajstić information content (AvgIpc) is 1.87. The molecule has 0 aliphatic rings. The fraction of sp³-hybridized carbons (Fsp3) is 0.500. The zero-order valence-corrected chi connectivity index (χ0v) is 7.61. The number of halogens is 1. The lowest BCUT2D eigenvalue weighted by Crippen LogP contribution is -1.93. The molecule has 0 N–H and O–H groups in total. The molecule has 0 aliphatic heterocycles. The van der Waals surface area contributed by atoms with E-state index in [0.717, 1.165) is 5.33 Å². The van der Waals surface area contributed by atoms with Gasteiger partial charge in [0, 0.05) is 5.33 Å². The second kappa shape index (κ2) is 4.80. The van der Waals surface area contributed by atoms with Crippen LogP contribution in [0.3, 0.4) is 0 Å². The maximum Gasteiger partial charge on any atom is 0.0244 e. The van der Waals surface area contributed by atoms with Crippen LogP contribution in [0.2, 0.25) is 0 Å². The van der Waals surface area contributed by atoms with Gasteiger partial charge in [0.25, 0.3) is 0 Å². The highest BCUT2D eigenvalue weighted by Crippen LogP contribution is 2.11. The van der Waals surface area contributed by atoms with E-state index in [4.69, 9.17) is 0 Å². The molecule has 0 aromatic carbocycles. The summed E-state index contributed by atoms with van der Waals surface area (Å²) in [5.41, 5.74) is 1.23. The molecule has 0 heterocycles. The maximum atomic E-state index is 3.89. The van der Waals surface area contributed by atoms with Crippen LogP contribution in [-0.4, -0.2) is 5.33 Å². The summed E-state index contributed by atoms with van der Waals surface area (Å²) in [5.74, 6) is 0.509. The van der Waals surface area contributed by atoms with E-state index in [1.165, 1.54) is 5.57 Å². The molecule has 0 aromatic heterocycles. The average molecular weight is 189 g/mol. The van der Waals surface area contributed by atoms with E-state index in [0.29, 0.717) is 5.92 Å². The SMILES string of the molecule is C=C(CBr)C(C)/C=C/C. The summed E-state index contributed by atoms with van der Waals surface area (Å²) in [5, 5.41) is 0.901. The molecule has 0 saturated carbocycles. The molecule has 0 bridgehead atoms. The topological polar surface area (TPSA) is 0 Å². The van der Waals surface area contributed by atoms with E-state index in [-0.39, 0.29) is 0 Å². The summed E-state index contributed by atoms with van der Waals surface area (Å²) in [4.78, 5) is 0. The van der Waals surface area contributed by atoms with Crippen LogP contribution < -0.4 is 0 Å². The van der Waals surface area contributed by atoms with Gasteiger partial charge in [0.05, 0.1) is 0 Å². The predicted molar refractivity (Wildman–Crippen MR) is 46.9 cm³/mol. The molecule has 9 heavy (non-hydrogen) atoms. The molecule has 1 unspecified atom stereocenters. The summed E-state index contributed by atoms with van der Waals surface area (Å²) in [7, 11) is 0. The molecule has 0 saturated heterocycles. The number of rotatable bonds is 3. The molecular formula is C8H13Br. The van der Waals surface area contributed by atoms with Crippen LogP contribution in [0.5, 0.6) is 0 Å². The Morgan fingerprint density at radius 3 is 2.67 bits per heavy atom. The van der Waals surface area contributed by atoms with Crippen molar-refractivity contribution in [3.05, 3.63) is 24.3 Å². The minimum atomic E-state index is 0.509. The van der Waals surface area contributed by atoms with Crippen LogP contribution in [-0.2, 0) is 0 Å². The van der Waals surface area contributed by atoms with Gasteiger partial charge in [-0.3, -0.25) is 0 Å². The van der Waals surface area contributed by atoms with Crippen LogP contribution in [0.4, 0.5) is 0 Å². The Balaban J connectivity index is 3.72. The van der Waals surface area contributed by atoms with Gasteiger partial charge in [-0.2, -0.15) is 0 Å². The van der Waals surface area contributed by atoms with Crippen LogP contribution in [0.15, 0.2) is 24.3 Å². The van der Waals surface area contributed by atoms with Crippen LogP contribution in [0, 0.1) is 5.92 Å². The molecule has 0 fully saturated rings. The van der Waals surface area contributed by atoms with Crippen molar-refractivity contribution in [3.8, 4) is 0 Å². The van der Waals surface area contributed by atoms with Crippen molar-refractivity contribution in [1.82, 2.24) is 0 Å². The quantitative estimate of drug-likeness (QED) is 0.472. The van der Waals surface area contributed by atoms with Crippen molar-refractivity contribution < 1.29 is 0 Å².